The number of methoxy groups -OCH3 is 1. The van der Waals surface area contributed by atoms with Gasteiger partial charge in [-0.05, 0) is 56.7 Å². The summed E-state index contributed by atoms with van der Waals surface area (Å²) >= 11 is 1.09. The standard InChI is InChI=1S/C36H53N5O6S/c1-22(2)29(41(7)35(45)31(23(3)4)39-33(44)28-16-12-13-17-40(28)6)20-30(42)34-38-27(21-48-34)32(43)37-26(18-24(5)36(46)47-8)19-25-14-10-9-11-15-25/h9-11,14-15,21-24,26,28-29,31H,12-13,16-20H2,1-8H3,(H,37,43)(H,39,44)/t24-,26+,28+,29?,31-/m0/s1. The van der Waals surface area contributed by atoms with Gasteiger partial charge < -0.3 is 20.3 Å². The van der Waals surface area contributed by atoms with Gasteiger partial charge in [-0.1, -0.05) is 71.4 Å². The summed E-state index contributed by atoms with van der Waals surface area (Å²) in [6.07, 6.45) is 3.68. The molecular formula is C36H53N5O6S. The van der Waals surface area contributed by atoms with Crippen LogP contribution in [-0.2, 0) is 25.5 Å². The van der Waals surface area contributed by atoms with Gasteiger partial charge in [0.05, 0.1) is 19.1 Å². The van der Waals surface area contributed by atoms with E-state index >= 15 is 0 Å². The maximum atomic E-state index is 13.8. The van der Waals surface area contributed by atoms with Crippen molar-refractivity contribution in [1.82, 2.24) is 25.4 Å². The summed E-state index contributed by atoms with van der Waals surface area (Å²) < 4.78 is 4.89. The third kappa shape index (κ3) is 10.7. The van der Waals surface area contributed by atoms with Gasteiger partial charge in [0, 0.05) is 30.9 Å². The van der Waals surface area contributed by atoms with Crippen LogP contribution in [0.3, 0.4) is 0 Å². The molecule has 2 aromatic rings. The zero-order valence-electron chi connectivity index (χ0n) is 29.7. The highest BCUT2D eigenvalue weighted by Gasteiger charge is 2.36. The van der Waals surface area contributed by atoms with E-state index in [4.69, 9.17) is 4.74 Å². The molecule has 48 heavy (non-hydrogen) atoms. The summed E-state index contributed by atoms with van der Waals surface area (Å²) in [5, 5.41) is 7.74. The van der Waals surface area contributed by atoms with Crippen LogP contribution in [-0.4, -0.2) is 96.2 Å². The quantitative estimate of drug-likeness (QED) is 0.197. The second kappa shape index (κ2) is 18.2. The van der Waals surface area contributed by atoms with E-state index in [1.807, 2.05) is 70.0 Å². The minimum Gasteiger partial charge on any atom is -0.469 e. The maximum absolute atomic E-state index is 13.8. The van der Waals surface area contributed by atoms with E-state index in [0.29, 0.717) is 12.8 Å². The van der Waals surface area contributed by atoms with Gasteiger partial charge in [-0.15, -0.1) is 11.3 Å². The minimum absolute atomic E-state index is 0.0197. The molecule has 1 aliphatic heterocycles. The first-order valence-electron chi connectivity index (χ1n) is 16.9. The first-order valence-corrected chi connectivity index (χ1v) is 17.8. The van der Waals surface area contributed by atoms with E-state index < -0.39 is 23.9 Å². The molecule has 2 N–H and O–H groups in total. The van der Waals surface area contributed by atoms with Gasteiger partial charge in [-0.25, -0.2) is 4.98 Å². The number of amides is 3. The Labute approximate surface area is 289 Å². The molecule has 2 heterocycles. The second-order valence-electron chi connectivity index (χ2n) is 13.7. The van der Waals surface area contributed by atoms with Crippen LogP contribution in [0.2, 0.25) is 0 Å². The van der Waals surface area contributed by atoms with Crippen LogP contribution in [0.25, 0.3) is 0 Å². The molecule has 1 aromatic carbocycles. The monoisotopic (exact) mass is 683 g/mol. The van der Waals surface area contributed by atoms with Crippen molar-refractivity contribution in [2.75, 3.05) is 27.7 Å². The molecule has 5 atom stereocenters. The molecule has 264 valence electrons. The highest BCUT2D eigenvalue weighted by molar-refractivity contribution is 7.11. The largest absolute Gasteiger partial charge is 0.469 e. The Balaban J connectivity index is 1.69. The number of thiazole rings is 1. The Hall–Kier alpha value is -3.64. The lowest BCUT2D eigenvalue weighted by molar-refractivity contribution is -0.145. The van der Waals surface area contributed by atoms with E-state index in [0.717, 1.165) is 42.7 Å². The van der Waals surface area contributed by atoms with Gasteiger partial charge in [-0.3, -0.25) is 28.9 Å². The fraction of sp³-hybridized carbons (Fsp3) is 0.611. The number of Topliss-reactive ketones (excluding diaryl/α,β-unsaturated/α-hetero) is 1. The summed E-state index contributed by atoms with van der Waals surface area (Å²) in [6.45, 7) is 10.3. The third-order valence-corrected chi connectivity index (χ3v) is 10.1. The van der Waals surface area contributed by atoms with Crippen LogP contribution >= 0.6 is 11.3 Å². The Bertz CT molecular complexity index is 1400. The number of carbonyl (C=O) groups excluding carboxylic acids is 5. The number of aromatic nitrogens is 1. The van der Waals surface area contributed by atoms with Gasteiger partial charge in [0.25, 0.3) is 5.91 Å². The highest BCUT2D eigenvalue weighted by atomic mass is 32.1. The molecule has 1 fully saturated rings. The Kier molecular flexibility index (Phi) is 14.7. The second-order valence-corrected chi connectivity index (χ2v) is 14.5. The molecule has 0 spiro atoms. The highest BCUT2D eigenvalue weighted by Crippen LogP contribution is 2.22. The number of nitrogens with zero attached hydrogens (tertiary/aromatic N) is 3. The maximum Gasteiger partial charge on any atom is 0.308 e. The molecular weight excluding hydrogens is 630 g/mol. The fourth-order valence-electron chi connectivity index (χ4n) is 6.23. The van der Waals surface area contributed by atoms with Crippen LogP contribution in [0.1, 0.15) is 92.6 Å². The van der Waals surface area contributed by atoms with E-state index in [1.165, 1.54) is 7.11 Å². The number of likely N-dealkylation sites (tertiary alicyclic amines) is 1. The number of piperidine rings is 1. The Morgan fingerprint density at radius 3 is 2.31 bits per heavy atom. The molecule has 1 saturated heterocycles. The van der Waals surface area contributed by atoms with Crippen LogP contribution < -0.4 is 10.6 Å². The molecule has 0 aliphatic carbocycles. The molecule has 1 aliphatic rings. The molecule has 3 rings (SSSR count). The zero-order valence-corrected chi connectivity index (χ0v) is 30.5. The Morgan fingerprint density at radius 1 is 1.02 bits per heavy atom. The van der Waals surface area contributed by atoms with Gasteiger partial charge in [-0.2, -0.15) is 0 Å². The van der Waals surface area contributed by atoms with E-state index in [9.17, 15) is 24.0 Å². The summed E-state index contributed by atoms with van der Waals surface area (Å²) in [4.78, 5) is 73.9. The van der Waals surface area contributed by atoms with E-state index in [2.05, 4.69) is 15.6 Å². The molecule has 1 unspecified atom stereocenters. The van der Waals surface area contributed by atoms with E-state index in [1.54, 1.807) is 24.3 Å². The smallest absolute Gasteiger partial charge is 0.308 e. The number of ketones is 1. The lowest BCUT2D eigenvalue weighted by atomic mass is 9.94. The summed E-state index contributed by atoms with van der Waals surface area (Å²) in [5.41, 5.74) is 1.13. The molecule has 0 bridgehead atoms. The van der Waals surface area contributed by atoms with Crippen LogP contribution in [0.5, 0.6) is 0 Å². The van der Waals surface area contributed by atoms with Crippen molar-refractivity contribution in [2.45, 2.75) is 97.3 Å². The fourth-order valence-corrected chi connectivity index (χ4v) is 6.98. The number of esters is 1. The number of hydrogen-bond donors (Lipinski definition) is 2. The van der Waals surface area contributed by atoms with Crippen molar-refractivity contribution in [3.05, 3.63) is 52.0 Å². The molecule has 0 saturated carbocycles. The summed E-state index contributed by atoms with van der Waals surface area (Å²) in [7, 11) is 4.95. The molecule has 12 heteroatoms. The third-order valence-electron chi connectivity index (χ3n) is 9.19. The average Bonchev–Trinajstić information content (AvgIpc) is 3.56. The number of ether oxygens (including phenoxy) is 1. The summed E-state index contributed by atoms with van der Waals surface area (Å²) in [5.74, 6) is -2.09. The SMILES string of the molecule is COC(=O)[C@@H](C)C[C@H](Cc1ccccc1)NC(=O)c1csc(C(=O)CC(C(C)C)N(C)C(=O)[C@@H](NC(=O)[C@H]2CCCCN2C)C(C)C)n1. The topological polar surface area (TPSA) is 138 Å². The molecule has 11 nitrogen and oxygen atoms in total. The predicted octanol–water partition coefficient (Wildman–Crippen LogP) is 4.36. The number of hydrogen-bond acceptors (Lipinski definition) is 9. The Morgan fingerprint density at radius 2 is 1.71 bits per heavy atom. The van der Waals surface area contributed by atoms with Crippen LogP contribution in [0.4, 0.5) is 0 Å². The van der Waals surface area contributed by atoms with Crippen molar-refractivity contribution in [3.8, 4) is 0 Å². The number of rotatable bonds is 16. The lowest BCUT2D eigenvalue weighted by Gasteiger charge is -2.36. The lowest BCUT2D eigenvalue weighted by Crippen LogP contribution is -2.57. The molecule has 0 radical (unpaired) electrons. The van der Waals surface area contributed by atoms with Crippen molar-refractivity contribution in [2.24, 2.45) is 17.8 Å². The summed E-state index contributed by atoms with van der Waals surface area (Å²) in [6, 6.07) is 7.86. The number of carbonyl (C=O) groups is 5. The average molecular weight is 684 g/mol. The number of nitrogens with one attached hydrogen (secondary N) is 2. The zero-order chi connectivity index (χ0) is 35.5. The van der Waals surface area contributed by atoms with Crippen molar-refractivity contribution in [1.29, 1.82) is 0 Å². The van der Waals surface area contributed by atoms with Gasteiger partial charge in [0.1, 0.15) is 11.7 Å². The van der Waals surface area contributed by atoms with Gasteiger partial charge in [0.2, 0.25) is 11.8 Å². The van der Waals surface area contributed by atoms with Crippen molar-refractivity contribution < 1.29 is 28.7 Å². The van der Waals surface area contributed by atoms with Gasteiger partial charge in [0.15, 0.2) is 10.8 Å². The molecule has 1 aromatic heterocycles. The normalized spacial score (nSPS) is 17.7. The van der Waals surface area contributed by atoms with E-state index in [-0.39, 0.29) is 64.6 Å². The minimum atomic E-state index is -0.727. The van der Waals surface area contributed by atoms with Crippen LogP contribution in [0.15, 0.2) is 35.7 Å². The first kappa shape index (κ1) is 38.8. The predicted molar refractivity (Wildman–Crippen MR) is 187 cm³/mol. The van der Waals surface area contributed by atoms with Gasteiger partial charge >= 0.3 is 5.97 Å². The van der Waals surface area contributed by atoms with Crippen molar-refractivity contribution >= 4 is 40.8 Å². The number of benzene rings is 1. The first-order chi connectivity index (χ1) is 22.7. The number of likely N-dealkylation sites (N-methyl/N-ethyl adjacent to an activating group) is 2. The van der Waals surface area contributed by atoms with Crippen LogP contribution in [0, 0.1) is 17.8 Å². The van der Waals surface area contributed by atoms with Crippen molar-refractivity contribution in [3.63, 3.8) is 0 Å². The molecule has 3 amide bonds.